The molecule has 0 bridgehead atoms. The van der Waals surface area contributed by atoms with E-state index in [2.05, 4.69) is 0 Å². The van der Waals surface area contributed by atoms with E-state index in [1.807, 2.05) is 24.3 Å². The van der Waals surface area contributed by atoms with E-state index < -0.39 is 10.8 Å². The Morgan fingerprint density at radius 1 is 1.08 bits per heavy atom. The number of ether oxygens (including phenoxy) is 2. The number of carbonyl (C=O) groups is 1. The fourth-order valence-corrected chi connectivity index (χ4v) is 2.66. The molecule has 0 radical (unpaired) electrons. The van der Waals surface area contributed by atoms with Gasteiger partial charge >= 0.3 is 0 Å². The molecule has 6 heteroatoms. The Morgan fingerprint density at radius 3 is 2.29 bits per heavy atom. The summed E-state index contributed by atoms with van der Waals surface area (Å²) < 4.78 is 22.3. The maximum absolute atomic E-state index is 12.4. The zero-order valence-electron chi connectivity index (χ0n) is 14.0. The molecule has 5 nitrogen and oxygen atoms in total. The number of rotatable bonds is 7. The molecule has 0 saturated carbocycles. The van der Waals surface area contributed by atoms with Crippen molar-refractivity contribution in [2.75, 3.05) is 33.6 Å². The maximum Gasteiger partial charge on any atom is 0.253 e. The van der Waals surface area contributed by atoms with Gasteiger partial charge in [-0.05, 0) is 36.4 Å². The minimum atomic E-state index is -1.05. The average Bonchev–Trinajstić information content (AvgIpc) is 2.61. The third kappa shape index (κ3) is 4.58. The Balaban J connectivity index is 1.90. The second kappa shape index (κ2) is 8.49. The van der Waals surface area contributed by atoms with Crippen LogP contribution in [-0.4, -0.2) is 48.6 Å². The molecule has 128 valence electrons. The van der Waals surface area contributed by atoms with Crippen molar-refractivity contribution in [1.29, 1.82) is 0 Å². The molecule has 0 heterocycles. The van der Waals surface area contributed by atoms with Crippen molar-refractivity contribution in [2.24, 2.45) is 0 Å². The molecule has 1 atom stereocenters. The van der Waals surface area contributed by atoms with Gasteiger partial charge in [0.15, 0.2) is 11.5 Å². The molecule has 0 aliphatic carbocycles. The molecule has 0 aliphatic rings. The van der Waals surface area contributed by atoms with Crippen LogP contribution in [0.3, 0.4) is 0 Å². The van der Waals surface area contributed by atoms with Crippen LogP contribution in [0.15, 0.2) is 53.4 Å². The highest BCUT2D eigenvalue weighted by Crippen LogP contribution is 2.25. The number of para-hydroxylation sites is 2. The first kappa shape index (κ1) is 18.0. The van der Waals surface area contributed by atoms with Gasteiger partial charge in [0.1, 0.15) is 6.61 Å². The Kier molecular flexibility index (Phi) is 6.37. The molecule has 2 aromatic rings. The van der Waals surface area contributed by atoms with Gasteiger partial charge in [-0.1, -0.05) is 12.1 Å². The summed E-state index contributed by atoms with van der Waals surface area (Å²) in [5.41, 5.74) is 0.559. The van der Waals surface area contributed by atoms with Crippen molar-refractivity contribution < 1.29 is 18.5 Å². The molecule has 0 fully saturated rings. The lowest BCUT2D eigenvalue weighted by Gasteiger charge is -2.18. The van der Waals surface area contributed by atoms with Gasteiger partial charge < -0.3 is 14.4 Å². The predicted octanol–water partition coefficient (Wildman–Crippen LogP) is 2.58. The van der Waals surface area contributed by atoms with Crippen molar-refractivity contribution in [2.45, 2.75) is 4.90 Å². The lowest BCUT2D eigenvalue weighted by atomic mass is 10.2. The zero-order chi connectivity index (χ0) is 17.5. The van der Waals surface area contributed by atoms with Gasteiger partial charge in [0, 0.05) is 34.6 Å². The summed E-state index contributed by atoms with van der Waals surface area (Å²) >= 11 is 0. The molecule has 0 spiro atoms. The topological polar surface area (TPSA) is 55.8 Å². The number of likely N-dealkylation sites (N-methyl/N-ethyl adjacent to an activating group) is 1. The maximum atomic E-state index is 12.4. The van der Waals surface area contributed by atoms with Crippen molar-refractivity contribution in [3.63, 3.8) is 0 Å². The summed E-state index contributed by atoms with van der Waals surface area (Å²) in [7, 11) is 2.26. The Labute approximate surface area is 144 Å². The average molecular weight is 347 g/mol. The molecule has 0 saturated heterocycles. The van der Waals surface area contributed by atoms with Crippen LogP contribution in [0.2, 0.25) is 0 Å². The van der Waals surface area contributed by atoms with E-state index in [-0.39, 0.29) is 5.91 Å². The van der Waals surface area contributed by atoms with Crippen LogP contribution in [0.4, 0.5) is 0 Å². The predicted molar refractivity (Wildman–Crippen MR) is 94.2 cm³/mol. The van der Waals surface area contributed by atoms with Gasteiger partial charge in [0.25, 0.3) is 5.91 Å². The summed E-state index contributed by atoms with van der Waals surface area (Å²) in [5.74, 6) is 1.21. The third-order valence-electron chi connectivity index (χ3n) is 3.53. The smallest absolute Gasteiger partial charge is 0.253 e. The van der Waals surface area contributed by atoms with E-state index in [1.165, 1.54) is 0 Å². The van der Waals surface area contributed by atoms with E-state index in [4.69, 9.17) is 9.47 Å². The lowest BCUT2D eigenvalue weighted by molar-refractivity contribution is 0.0773. The number of hydrogen-bond donors (Lipinski definition) is 0. The Bertz CT molecular complexity index is 715. The number of amides is 1. The molecule has 24 heavy (non-hydrogen) atoms. The first-order chi connectivity index (χ1) is 11.5. The van der Waals surface area contributed by atoms with E-state index >= 15 is 0 Å². The standard InChI is InChI=1S/C18H21NO4S/c1-19(12-13-23-17-7-5-4-6-16(17)22-2)18(20)14-8-10-15(11-9-14)24(3)21/h4-11H,12-13H2,1-3H3. The van der Waals surface area contributed by atoms with Crippen LogP contribution in [0, 0.1) is 0 Å². The van der Waals surface area contributed by atoms with Gasteiger partial charge in [-0.2, -0.15) is 0 Å². The monoisotopic (exact) mass is 347 g/mol. The highest BCUT2D eigenvalue weighted by atomic mass is 32.2. The molecule has 1 amide bonds. The van der Waals surface area contributed by atoms with Gasteiger partial charge in [0.05, 0.1) is 13.7 Å². The second-order valence-corrected chi connectivity index (χ2v) is 6.58. The van der Waals surface area contributed by atoms with E-state index in [1.54, 1.807) is 49.6 Å². The fraction of sp³-hybridized carbons (Fsp3) is 0.278. The molecule has 0 aromatic heterocycles. The molecule has 2 rings (SSSR count). The first-order valence-electron chi connectivity index (χ1n) is 7.47. The van der Waals surface area contributed by atoms with Gasteiger partial charge in [-0.25, -0.2) is 0 Å². The molecule has 2 aromatic carbocycles. The molecule has 0 aliphatic heterocycles. The lowest BCUT2D eigenvalue weighted by Crippen LogP contribution is -2.30. The van der Waals surface area contributed by atoms with Gasteiger partial charge in [-0.3, -0.25) is 9.00 Å². The van der Waals surface area contributed by atoms with Crippen LogP contribution in [0.5, 0.6) is 11.5 Å². The van der Waals surface area contributed by atoms with Gasteiger partial charge in [0.2, 0.25) is 0 Å². The summed E-state index contributed by atoms with van der Waals surface area (Å²) in [4.78, 5) is 14.7. The number of nitrogens with zero attached hydrogens (tertiary/aromatic N) is 1. The molecule has 1 unspecified atom stereocenters. The van der Waals surface area contributed by atoms with Crippen molar-refractivity contribution >= 4 is 16.7 Å². The quantitative estimate of drug-likeness (QED) is 0.772. The van der Waals surface area contributed by atoms with Crippen molar-refractivity contribution in [1.82, 2.24) is 4.90 Å². The van der Waals surface area contributed by atoms with E-state index in [9.17, 15) is 9.00 Å². The summed E-state index contributed by atoms with van der Waals surface area (Å²) in [6, 6.07) is 14.2. The van der Waals surface area contributed by atoms with Crippen LogP contribution < -0.4 is 9.47 Å². The highest BCUT2D eigenvalue weighted by molar-refractivity contribution is 7.84. The number of methoxy groups -OCH3 is 1. The Hall–Kier alpha value is -2.34. The second-order valence-electron chi connectivity index (χ2n) is 5.20. The van der Waals surface area contributed by atoms with E-state index in [0.717, 1.165) is 0 Å². The number of hydrogen-bond acceptors (Lipinski definition) is 4. The van der Waals surface area contributed by atoms with Gasteiger partial charge in [-0.15, -0.1) is 0 Å². The summed E-state index contributed by atoms with van der Waals surface area (Å²) in [5, 5.41) is 0. The van der Waals surface area contributed by atoms with E-state index in [0.29, 0.717) is 35.1 Å². The number of benzene rings is 2. The first-order valence-corrected chi connectivity index (χ1v) is 9.03. The van der Waals surface area contributed by atoms with Crippen molar-refractivity contribution in [3.8, 4) is 11.5 Å². The summed E-state index contributed by atoms with van der Waals surface area (Å²) in [6.07, 6.45) is 1.61. The van der Waals surface area contributed by atoms with Crippen LogP contribution >= 0.6 is 0 Å². The Morgan fingerprint density at radius 2 is 1.71 bits per heavy atom. The van der Waals surface area contributed by atoms with Crippen molar-refractivity contribution in [3.05, 3.63) is 54.1 Å². The highest BCUT2D eigenvalue weighted by Gasteiger charge is 2.12. The zero-order valence-corrected chi connectivity index (χ0v) is 14.8. The van der Waals surface area contributed by atoms with Crippen LogP contribution in [0.1, 0.15) is 10.4 Å². The summed E-state index contributed by atoms with van der Waals surface area (Å²) in [6.45, 7) is 0.804. The normalized spacial score (nSPS) is 11.6. The third-order valence-corrected chi connectivity index (χ3v) is 4.47. The number of carbonyl (C=O) groups excluding carboxylic acids is 1. The molecule has 0 N–H and O–H groups in total. The van der Waals surface area contributed by atoms with Crippen LogP contribution in [0.25, 0.3) is 0 Å². The fourth-order valence-electron chi connectivity index (χ4n) is 2.14. The minimum absolute atomic E-state index is 0.105. The molecular weight excluding hydrogens is 326 g/mol. The molecular formula is C18H21NO4S. The van der Waals surface area contributed by atoms with Crippen LogP contribution in [-0.2, 0) is 10.8 Å². The minimum Gasteiger partial charge on any atom is -0.493 e. The SMILES string of the molecule is COc1ccccc1OCCN(C)C(=O)c1ccc(S(C)=O)cc1. The largest absolute Gasteiger partial charge is 0.493 e.